The number of hydrogen-bond donors (Lipinski definition) is 1. The van der Waals surface area contributed by atoms with Gasteiger partial charge in [0.05, 0.1) is 6.26 Å². The minimum atomic E-state index is 0.492. The average Bonchev–Trinajstić information content (AvgIpc) is 2.87. The van der Waals surface area contributed by atoms with Crippen LogP contribution in [0.1, 0.15) is 0 Å². The quantitative estimate of drug-likeness (QED) is 0.641. The lowest BCUT2D eigenvalue weighted by molar-refractivity contribution is 0.603. The molecular weight excluding hydrogens is 216 g/mol. The molecule has 0 saturated carbocycles. The molecule has 1 N–H and O–H groups in total. The van der Waals surface area contributed by atoms with Gasteiger partial charge < -0.3 is 4.42 Å². The molecular formula is C7H4N6OS. The summed E-state index contributed by atoms with van der Waals surface area (Å²) in [7, 11) is 0. The van der Waals surface area contributed by atoms with Crippen LogP contribution in [0.5, 0.6) is 0 Å². The minimum absolute atomic E-state index is 0.492. The van der Waals surface area contributed by atoms with Crippen LogP contribution in [0.2, 0.25) is 0 Å². The predicted molar refractivity (Wildman–Crippen MR) is 50.1 cm³/mol. The van der Waals surface area contributed by atoms with E-state index in [4.69, 9.17) is 4.42 Å². The van der Waals surface area contributed by atoms with Crippen molar-refractivity contribution in [3.05, 3.63) is 18.7 Å². The summed E-state index contributed by atoms with van der Waals surface area (Å²) in [5.41, 5.74) is 1.39. The molecule has 3 heterocycles. The maximum Gasteiger partial charge on any atom is 0.237 e. The summed E-state index contributed by atoms with van der Waals surface area (Å²) < 4.78 is 5.27. The molecule has 0 radical (unpaired) electrons. The molecule has 74 valence electrons. The Labute approximate surface area is 87.3 Å². The van der Waals surface area contributed by atoms with Gasteiger partial charge in [-0.3, -0.25) is 0 Å². The van der Waals surface area contributed by atoms with E-state index in [1.807, 2.05) is 0 Å². The summed E-state index contributed by atoms with van der Waals surface area (Å²) in [6, 6.07) is 1.78. The fourth-order valence-corrected chi connectivity index (χ4v) is 1.81. The molecule has 0 aliphatic rings. The van der Waals surface area contributed by atoms with Crippen LogP contribution in [0, 0.1) is 0 Å². The largest absolute Gasteiger partial charge is 0.460 e. The van der Waals surface area contributed by atoms with Gasteiger partial charge in [-0.05, 0) is 17.0 Å². The van der Waals surface area contributed by atoms with Crippen molar-refractivity contribution in [2.75, 3.05) is 0 Å². The molecule has 0 aromatic carbocycles. The fraction of sp³-hybridized carbons (Fsp3) is 0. The number of rotatable bonds is 2. The van der Waals surface area contributed by atoms with Gasteiger partial charge in [0.2, 0.25) is 5.16 Å². The molecule has 3 rings (SSSR count). The van der Waals surface area contributed by atoms with Gasteiger partial charge >= 0.3 is 0 Å². The third-order valence-electron chi connectivity index (χ3n) is 1.72. The molecule has 0 bridgehead atoms. The van der Waals surface area contributed by atoms with Crippen LogP contribution >= 0.6 is 11.8 Å². The zero-order valence-corrected chi connectivity index (χ0v) is 8.10. The van der Waals surface area contributed by atoms with E-state index in [0.717, 1.165) is 5.52 Å². The Morgan fingerprint density at radius 3 is 3.20 bits per heavy atom. The first kappa shape index (κ1) is 8.36. The Bertz CT molecular complexity index is 576. The van der Waals surface area contributed by atoms with E-state index in [-0.39, 0.29) is 0 Å². The highest BCUT2D eigenvalue weighted by atomic mass is 32.2. The van der Waals surface area contributed by atoms with Crippen molar-refractivity contribution >= 4 is 22.9 Å². The first-order valence-electron chi connectivity index (χ1n) is 4.03. The molecule has 0 amide bonds. The molecule has 0 aliphatic heterocycles. The smallest absolute Gasteiger partial charge is 0.237 e. The van der Waals surface area contributed by atoms with Crippen LogP contribution in [0.25, 0.3) is 11.1 Å². The molecule has 0 aliphatic carbocycles. The first-order valence-corrected chi connectivity index (χ1v) is 4.84. The fourth-order valence-electron chi connectivity index (χ4n) is 1.12. The molecule has 15 heavy (non-hydrogen) atoms. The first-order chi connectivity index (χ1) is 7.43. The number of H-pyrrole nitrogens is 1. The molecule has 0 unspecified atom stereocenters. The van der Waals surface area contributed by atoms with Crippen molar-refractivity contribution in [1.29, 1.82) is 0 Å². The number of hydrogen-bond acceptors (Lipinski definition) is 7. The molecule has 3 aromatic rings. The second kappa shape index (κ2) is 3.31. The summed E-state index contributed by atoms with van der Waals surface area (Å²) in [4.78, 5) is 8.14. The molecule has 3 aromatic heterocycles. The highest BCUT2D eigenvalue weighted by molar-refractivity contribution is 7.99. The Balaban J connectivity index is 2.07. The monoisotopic (exact) mass is 220 g/mol. The van der Waals surface area contributed by atoms with E-state index in [2.05, 4.69) is 30.6 Å². The second-order valence-electron chi connectivity index (χ2n) is 2.61. The van der Waals surface area contributed by atoms with E-state index in [9.17, 15) is 0 Å². The van der Waals surface area contributed by atoms with Crippen LogP contribution in [0.3, 0.4) is 0 Å². The number of furan rings is 1. The average molecular weight is 220 g/mol. The highest BCUT2D eigenvalue weighted by Crippen LogP contribution is 2.28. The summed E-state index contributed by atoms with van der Waals surface area (Å²) in [6.45, 7) is 0. The number of aromatic amines is 1. The van der Waals surface area contributed by atoms with E-state index in [1.165, 1.54) is 18.1 Å². The van der Waals surface area contributed by atoms with Crippen LogP contribution in [0.15, 0.2) is 33.3 Å². The minimum Gasteiger partial charge on any atom is -0.460 e. The van der Waals surface area contributed by atoms with Crippen molar-refractivity contribution in [3.8, 4) is 0 Å². The highest BCUT2D eigenvalue weighted by Gasteiger charge is 2.10. The van der Waals surface area contributed by atoms with Gasteiger partial charge in [0.25, 0.3) is 0 Å². The topological polar surface area (TPSA) is 93.4 Å². The second-order valence-corrected chi connectivity index (χ2v) is 3.57. The SMILES string of the molecule is c1nc(Sc2nn[nH]n2)c2occc2n1. The van der Waals surface area contributed by atoms with Gasteiger partial charge in [-0.1, -0.05) is 0 Å². The third kappa shape index (κ3) is 1.44. The van der Waals surface area contributed by atoms with Gasteiger partial charge in [0.15, 0.2) is 10.6 Å². The molecule has 0 spiro atoms. The van der Waals surface area contributed by atoms with Crippen LogP contribution in [-0.4, -0.2) is 30.6 Å². The van der Waals surface area contributed by atoms with Crippen molar-refractivity contribution < 1.29 is 4.42 Å². The van der Waals surface area contributed by atoms with E-state index >= 15 is 0 Å². The predicted octanol–water partition coefficient (Wildman–Crippen LogP) is 0.887. The van der Waals surface area contributed by atoms with Crippen LogP contribution < -0.4 is 0 Å². The summed E-state index contributed by atoms with van der Waals surface area (Å²) in [5.74, 6) is 0. The van der Waals surface area contributed by atoms with E-state index in [0.29, 0.717) is 15.8 Å². The van der Waals surface area contributed by atoms with Gasteiger partial charge in [-0.2, -0.15) is 5.21 Å². The zero-order chi connectivity index (χ0) is 10.1. The molecule has 0 saturated heterocycles. The van der Waals surface area contributed by atoms with Crippen molar-refractivity contribution in [3.63, 3.8) is 0 Å². The van der Waals surface area contributed by atoms with Crippen molar-refractivity contribution in [2.45, 2.75) is 10.2 Å². The van der Waals surface area contributed by atoms with Crippen LogP contribution in [-0.2, 0) is 0 Å². The summed E-state index contributed by atoms with van der Waals surface area (Å²) in [5, 5.41) is 14.6. The standard InChI is InChI=1S/C7H4N6OS/c1-2-14-5-4(1)8-3-9-6(5)15-7-10-12-13-11-7/h1-3H,(H,10,11,12,13). The zero-order valence-electron chi connectivity index (χ0n) is 7.28. The van der Waals surface area contributed by atoms with Gasteiger partial charge in [0, 0.05) is 6.07 Å². The van der Waals surface area contributed by atoms with Gasteiger partial charge in [-0.15, -0.1) is 10.2 Å². The number of nitrogens with zero attached hydrogens (tertiary/aromatic N) is 5. The van der Waals surface area contributed by atoms with Crippen LogP contribution in [0.4, 0.5) is 0 Å². The number of fused-ring (bicyclic) bond motifs is 1. The Morgan fingerprint density at radius 1 is 1.33 bits per heavy atom. The van der Waals surface area contributed by atoms with E-state index in [1.54, 1.807) is 12.3 Å². The Morgan fingerprint density at radius 2 is 2.33 bits per heavy atom. The Hall–Kier alpha value is -1.96. The van der Waals surface area contributed by atoms with Gasteiger partial charge in [0.1, 0.15) is 11.8 Å². The lowest BCUT2D eigenvalue weighted by Crippen LogP contribution is -1.84. The van der Waals surface area contributed by atoms with Crippen molar-refractivity contribution in [1.82, 2.24) is 30.6 Å². The normalized spacial score (nSPS) is 10.9. The summed E-state index contributed by atoms with van der Waals surface area (Å²) in [6.07, 6.45) is 3.04. The Kier molecular flexibility index (Phi) is 1.85. The lowest BCUT2D eigenvalue weighted by atomic mass is 10.5. The number of nitrogens with one attached hydrogen (secondary N) is 1. The number of tetrazole rings is 1. The molecule has 0 fully saturated rings. The summed E-state index contributed by atoms with van der Waals surface area (Å²) >= 11 is 1.27. The third-order valence-corrected chi connectivity index (χ3v) is 2.56. The molecule has 8 heteroatoms. The lowest BCUT2D eigenvalue weighted by Gasteiger charge is -1.94. The molecule has 0 atom stereocenters. The number of aromatic nitrogens is 6. The van der Waals surface area contributed by atoms with Crippen molar-refractivity contribution in [2.24, 2.45) is 0 Å². The van der Waals surface area contributed by atoms with E-state index < -0.39 is 0 Å². The maximum atomic E-state index is 5.27. The van der Waals surface area contributed by atoms with Gasteiger partial charge in [-0.25, -0.2) is 9.97 Å². The maximum absolute atomic E-state index is 5.27. The molecule has 7 nitrogen and oxygen atoms in total.